The van der Waals surface area contributed by atoms with E-state index in [9.17, 15) is 8.42 Å². The topological polar surface area (TPSA) is 37.4 Å². The van der Waals surface area contributed by atoms with Crippen molar-refractivity contribution in [1.29, 1.82) is 0 Å². The third kappa shape index (κ3) is 2.58. The van der Waals surface area contributed by atoms with E-state index < -0.39 is 10.0 Å². The molecule has 4 heteroatoms. The predicted molar refractivity (Wildman–Crippen MR) is 68.3 cm³/mol. The quantitative estimate of drug-likeness (QED) is 0.757. The number of rotatable bonds is 2. The van der Waals surface area contributed by atoms with Crippen LogP contribution in [0.25, 0.3) is 0 Å². The number of nitrogens with zero attached hydrogens (tertiary/aromatic N) is 1. The van der Waals surface area contributed by atoms with Gasteiger partial charge in [0.05, 0.1) is 4.90 Å². The molecule has 1 saturated heterocycles. The summed E-state index contributed by atoms with van der Waals surface area (Å²) in [6.07, 6.45) is 1.54. The molecular formula is C13H17NO2S. The highest BCUT2D eigenvalue weighted by molar-refractivity contribution is 7.89. The van der Waals surface area contributed by atoms with Gasteiger partial charge >= 0.3 is 0 Å². The second kappa shape index (κ2) is 4.63. The van der Waals surface area contributed by atoms with Gasteiger partial charge in [0, 0.05) is 13.1 Å². The van der Waals surface area contributed by atoms with E-state index >= 15 is 0 Å². The maximum absolute atomic E-state index is 12.3. The molecule has 17 heavy (non-hydrogen) atoms. The largest absolute Gasteiger partial charge is 0.243 e. The predicted octanol–water partition coefficient (Wildman–Crippen LogP) is 2.34. The average molecular weight is 251 g/mol. The summed E-state index contributed by atoms with van der Waals surface area (Å²) in [5, 5.41) is 0. The van der Waals surface area contributed by atoms with Crippen molar-refractivity contribution in [3.63, 3.8) is 0 Å². The van der Waals surface area contributed by atoms with Gasteiger partial charge in [-0.15, -0.1) is 0 Å². The van der Waals surface area contributed by atoms with Crippen molar-refractivity contribution in [3.05, 3.63) is 42.0 Å². The van der Waals surface area contributed by atoms with E-state index in [2.05, 4.69) is 6.58 Å². The van der Waals surface area contributed by atoms with E-state index in [1.165, 1.54) is 0 Å². The van der Waals surface area contributed by atoms with Crippen LogP contribution in [0.1, 0.15) is 18.4 Å². The Kier molecular flexibility index (Phi) is 3.35. The standard InChI is InChI=1S/C13H17NO2S/c1-11-3-5-13(6-4-11)17(15,16)14-9-7-12(2)8-10-14/h3-6H,2,7-10H2,1H3. The van der Waals surface area contributed by atoms with Crippen LogP contribution in [0, 0.1) is 6.92 Å². The number of hydrogen-bond acceptors (Lipinski definition) is 2. The Balaban J connectivity index is 2.24. The highest BCUT2D eigenvalue weighted by Gasteiger charge is 2.26. The van der Waals surface area contributed by atoms with Crippen LogP contribution in [0.5, 0.6) is 0 Å². The van der Waals surface area contributed by atoms with Crippen molar-refractivity contribution in [2.75, 3.05) is 13.1 Å². The SMILES string of the molecule is C=C1CCN(S(=O)(=O)c2ccc(C)cc2)CC1. The Bertz CT molecular complexity index is 507. The monoisotopic (exact) mass is 251 g/mol. The van der Waals surface area contributed by atoms with Crippen molar-refractivity contribution in [1.82, 2.24) is 4.31 Å². The average Bonchev–Trinajstić information content (AvgIpc) is 2.30. The Hall–Kier alpha value is -1.13. The van der Waals surface area contributed by atoms with Crippen molar-refractivity contribution >= 4 is 10.0 Å². The third-order valence-corrected chi connectivity index (χ3v) is 5.00. The van der Waals surface area contributed by atoms with Gasteiger partial charge in [0.2, 0.25) is 10.0 Å². The molecule has 0 atom stereocenters. The van der Waals surface area contributed by atoms with Gasteiger partial charge in [-0.2, -0.15) is 4.31 Å². The molecule has 0 bridgehead atoms. The van der Waals surface area contributed by atoms with Crippen LogP contribution in [0.2, 0.25) is 0 Å². The van der Waals surface area contributed by atoms with Crippen LogP contribution in [0.15, 0.2) is 41.3 Å². The van der Waals surface area contributed by atoms with Gasteiger partial charge in [-0.25, -0.2) is 8.42 Å². The number of benzene rings is 1. The zero-order chi connectivity index (χ0) is 12.5. The zero-order valence-corrected chi connectivity index (χ0v) is 10.8. The van der Waals surface area contributed by atoms with Crippen molar-refractivity contribution in [2.24, 2.45) is 0 Å². The lowest BCUT2D eigenvalue weighted by Crippen LogP contribution is -2.36. The Morgan fingerprint density at radius 1 is 1.12 bits per heavy atom. The molecule has 0 amide bonds. The number of piperidine rings is 1. The lowest BCUT2D eigenvalue weighted by Gasteiger charge is -2.27. The minimum absolute atomic E-state index is 0.385. The zero-order valence-electron chi connectivity index (χ0n) is 10.0. The number of aryl methyl sites for hydroxylation is 1. The molecule has 1 heterocycles. The van der Waals surface area contributed by atoms with E-state index in [-0.39, 0.29) is 0 Å². The van der Waals surface area contributed by atoms with Gasteiger partial charge < -0.3 is 0 Å². The van der Waals surface area contributed by atoms with Gasteiger partial charge in [0.15, 0.2) is 0 Å². The Morgan fingerprint density at radius 2 is 1.65 bits per heavy atom. The van der Waals surface area contributed by atoms with Gasteiger partial charge in [-0.1, -0.05) is 29.8 Å². The molecule has 0 N–H and O–H groups in total. The first-order valence-corrected chi connectivity index (χ1v) is 7.17. The number of hydrogen-bond donors (Lipinski definition) is 0. The molecule has 0 unspecified atom stereocenters. The van der Waals surface area contributed by atoms with E-state index in [4.69, 9.17) is 0 Å². The molecule has 1 aromatic rings. The molecule has 0 aliphatic carbocycles. The Morgan fingerprint density at radius 3 is 2.18 bits per heavy atom. The van der Waals surface area contributed by atoms with Crippen molar-refractivity contribution < 1.29 is 8.42 Å². The van der Waals surface area contributed by atoms with Crippen LogP contribution >= 0.6 is 0 Å². The summed E-state index contributed by atoms with van der Waals surface area (Å²) in [4.78, 5) is 0.385. The summed E-state index contributed by atoms with van der Waals surface area (Å²) in [6, 6.07) is 7.01. The van der Waals surface area contributed by atoms with Crippen LogP contribution < -0.4 is 0 Å². The lowest BCUT2D eigenvalue weighted by molar-refractivity contribution is 0.387. The molecule has 0 spiro atoms. The van der Waals surface area contributed by atoms with E-state index in [0.29, 0.717) is 18.0 Å². The van der Waals surface area contributed by atoms with E-state index in [1.54, 1.807) is 16.4 Å². The molecule has 0 aromatic heterocycles. The molecule has 1 aliphatic rings. The maximum atomic E-state index is 12.3. The molecule has 3 nitrogen and oxygen atoms in total. The summed E-state index contributed by atoms with van der Waals surface area (Å²) in [6.45, 7) is 6.94. The molecular weight excluding hydrogens is 234 g/mol. The first-order valence-electron chi connectivity index (χ1n) is 5.73. The first-order chi connectivity index (χ1) is 8.00. The molecule has 1 aromatic carbocycles. The highest BCUT2D eigenvalue weighted by atomic mass is 32.2. The lowest BCUT2D eigenvalue weighted by atomic mass is 10.1. The van der Waals surface area contributed by atoms with Gasteiger partial charge in [-0.05, 0) is 31.9 Å². The summed E-state index contributed by atoms with van der Waals surface area (Å²) in [5.41, 5.74) is 2.20. The van der Waals surface area contributed by atoms with E-state index in [0.717, 1.165) is 24.0 Å². The normalized spacial score (nSPS) is 18.3. The third-order valence-electron chi connectivity index (χ3n) is 3.09. The van der Waals surface area contributed by atoms with Crippen molar-refractivity contribution in [2.45, 2.75) is 24.7 Å². The molecule has 2 rings (SSSR count). The van der Waals surface area contributed by atoms with E-state index in [1.807, 2.05) is 19.1 Å². The molecule has 92 valence electrons. The summed E-state index contributed by atoms with van der Waals surface area (Å²) >= 11 is 0. The maximum Gasteiger partial charge on any atom is 0.243 e. The number of sulfonamides is 1. The van der Waals surface area contributed by atoms with Gasteiger partial charge in [-0.3, -0.25) is 0 Å². The molecule has 1 aliphatic heterocycles. The van der Waals surface area contributed by atoms with Crippen LogP contribution in [-0.2, 0) is 10.0 Å². The minimum Gasteiger partial charge on any atom is -0.207 e. The van der Waals surface area contributed by atoms with Crippen LogP contribution in [0.4, 0.5) is 0 Å². The minimum atomic E-state index is -3.31. The van der Waals surface area contributed by atoms with Gasteiger partial charge in [0.25, 0.3) is 0 Å². The van der Waals surface area contributed by atoms with Crippen LogP contribution in [0.3, 0.4) is 0 Å². The fourth-order valence-electron chi connectivity index (χ4n) is 1.90. The summed E-state index contributed by atoms with van der Waals surface area (Å²) in [7, 11) is -3.31. The summed E-state index contributed by atoms with van der Waals surface area (Å²) in [5.74, 6) is 0. The molecule has 0 radical (unpaired) electrons. The fourth-order valence-corrected chi connectivity index (χ4v) is 3.34. The molecule has 1 fully saturated rings. The second-order valence-electron chi connectivity index (χ2n) is 4.47. The summed E-state index contributed by atoms with van der Waals surface area (Å²) < 4.78 is 26.2. The van der Waals surface area contributed by atoms with Crippen LogP contribution in [-0.4, -0.2) is 25.8 Å². The van der Waals surface area contributed by atoms with Gasteiger partial charge in [0.1, 0.15) is 0 Å². The molecule has 0 saturated carbocycles. The fraction of sp³-hybridized carbons (Fsp3) is 0.385. The van der Waals surface area contributed by atoms with Crippen molar-refractivity contribution in [3.8, 4) is 0 Å². The second-order valence-corrected chi connectivity index (χ2v) is 6.41. The first kappa shape index (κ1) is 12.3. The smallest absolute Gasteiger partial charge is 0.207 e. The Labute approximate surface area is 103 Å². The highest BCUT2D eigenvalue weighted by Crippen LogP contribution is 2.22.